The lowest BCUT2D eigenvalue weighted by atomic mass is 10.2. The van der Waals surface area contributed by atoms with Crippen LogP contribution in [0.3, 0.4) is 0 Å². The highest BCUT2D eigenvalue weighted by atomic mass is 35.5. The number of aromatic nitrogens is 2. The number of amides is 1. The minimum atomic E-state index is -0.666. The van der Waals surface area contributed by atoms with E-state index in [0.29, 0.717) is 12.1 Å². The van der Waals surface area contributed by atoms with E-state index in [-0.39, 0.29) is 23.5 Å². The van der Waals surface area contributed by atoms with Crippen LogP contribution in [-0.4, -0.2) is 40.6 Å². The topological polar surface area (TPSA) is 90.3 Å². The van der Waals surface area contributed by atoms with Crippen molar-refractivity contribution in [1.29, 1.82) is 0 Å². The molecule has 2 rings (SSSR count). The average molecular weight is 325 g/mol. The number of carbonyl (C=O) groups excluding carboxylic acids is 1. The number of halogens is 1. The minimum Gasteiger partial charge on any atom is -0.368 e. The van der Waals surface area contributed by atoms with Crippen molar-refractivity contribution < 1.29 is 4.79 Å². The van der Waals surface area contributed by atoms with Gasteiger partial charge in [-0.2, -0.15) is 0 Å². The first-order valence-corrected chi connectivity index (χ1v) is 7.05. The number of nitrogens with zero attached hydrogens (tertiary/aromatic N) is 3. The third-order valence-corrected chi connectivity index (χ3v) is 3.60. The highest BCUT2D eigenvalue weighted by Crippen LogP contribution is 2.18. The monoisotopic (exact) mass is 324 g/mol. The van der Waals surface area contributed by atoms with Gasteiger partial charge in [0.05, 0.1) is 15.9 Å². The molecule has 0 spiro atoms. The maximum absolute atomic E-state index is 12.6. The van der Waals surface area contributed by atoms with Gasteiger partial charge in [-0.1, -0.05) is 17.7 Å². The molecule has 2 aromatic rings. The van der Waals surface area contributed by atoms with Crippen LogP contribution in [0.4, 0.5) is 0 Å². The number of hydrogen-bond donors (Lipinski definition) is 1. The smallest absolute Gasteiger partial charge is 0.332 e. The summed E-state index contributed by atoms with van der Waals surface area (Å²) in [5.41, 5.74) is 4.48. The average Bonchev–Trinajstić information content (AvgIpc) is 2.42. The molecule has 0 atom stereocenters. The van der Waals surface area contributed by atoms with Crippen LogP contribution in [-0.2, 0) is 17.9 Å². The Hall–Kier alpha value is -2.12. The number of hydrogen-bond acceptors (Lipinski definition) is 4. The predicted octanol–water partition coefficient (Wildman–Crippen LogP) is -0.136. The third kappa shape index (κ3) is 3.05. The molecule has 8 heteroatoms. The summed E-state index contributed by atoms with van der Waals surface area (Å²) in [6.07, 6.45) is 0. The second kappa shape index (κ2) is 6.33. The summed E-state index contributed by atoms with van der Waals surface area (Å²) in [5.74, 6) is -0.666. The van der Waals surface area contributed by atoms with Crippen molar-refractivity contribution >= 4 is 28.4 Å². The normalized spacial score (nSPS) is 11.3. The van der Waals surface area contributed by atoms with Crippen LogP contribution in [0.5, 0.6) is 0 Å². The largest absolute Gasteiger partial charge is 0.368 e. The van der Waals surface area contributed by atoms with Gasteiger partial charge in [0.25, 0.3) is 5.56 Å². The van der Waals surface area contributed by atoms with Crippen LogP contribution < -0.4 is 17.0 Å². The van der Waals surface area contributed by atoms with Crippen molar-refractivity contribution in [2.75, 3.05) is 20.6 Å². The molecule has 1 amide bonds. The highest BCUT2D eigenvalue weighted by Gasteiger charge is 2.16. The first-order valence-electron chi connectivity index (χ1n) is 6.68. The van der Waals surface area contributed by atoms with E-state index < -0.39 is 17.2 Å². The van der Waals surface area contributed by atoms with E-state index in [1.165, 1.54) is 4.57 Å². The fourth-order valence-corrected chi connectivity index (χ4v) is 2.48. The molecule has 1 heterocycles. The molecule has 0 fully saturated rings. The Morgan fingerprint density at radius 1 is 1.27 bits per heavy atom. The fourth-order valence-electron chi connectivity index (χ4n) is 2.23. The fraction of sp³-hybridized carbons (Fsp3) is 0.357. The number of carbonyl (C=O) groups is 1. The Labute approximate surface area is 131 Å². The zero-order valence-electron chi connectivity index (χ0n) is 12.4. The molecule has 0 aliphatic heterocycles. The molecule has 0 saturated carbocycles. The lowest BCUT2D eigenvalue weighted by Gasteiger charge is -2.15. The Morgan fingerprint density at radius 3 is 2.55 bits per heavy atom. The molecular weight excluding hydrogens is 308 g/mol. The molecule has 1 aromatic heterocycles. The molecular formula is C14H17ClN4O3. The van der Waals surface area contributed by atoms with Crippen molar-refractivity contribution in [3.63, 3.8) is 0 Å². The van der Waals surface area contributed by atoms with Gasteiger partial charge in [0.2, 0.25) is 5.91 Å². The quantitative estimate of drug-likeness (QED) is 0.829. The predicted molar refractivity (Wildman–Crippen MR) is 85.2 cm³/mol. The van der Waals surface area contributed by atoms with Gasteiger partial charge in [-0.05, 0) is 26.2 Å². The first-order chi connectivity index (χ1) is 10.3. The van der Waals surface area contributed by atoms with Crippen LogP contribution in [0, 0.1) is 0 Å². The van der Waals surface area contributed by atoms with E-state index in [0.717, 1.165) is 4.57 Å². The van der Waals surface area contributed by atoms with Gasteiger partial charge in [0.1, 0.15) is 6.54 Å². The van der Waals surface area contributed by atoms with Gasteiger partial charge in [-0.3, -0.25) is 18.7 Å². The molecule has 22 heavy (non-hydrogen) atoms. The van der Waals surface area contributed by atoms with Crippen LogP contribution in [0.15, 0.2) is 27.8 Å². The summed E-state index contributed by atoms with van der Waals surface area (Å²) in [6.45, 7) is 0.393. The summed E-state index contributed by atoms with van der Waals surface area (Å²) in [4.78, 5) is 38.2. The summed E-state index contributed by atoms with van der Waals surface area (Å²) >= 11 is 6.10. The van der Waals surface area contributed by atoms with Gasteiger partial charge < -0.3 is 10.6 Å². The minimum absolute atomic E-state index is 0.199. The number of primary amides is 1. The molecule has 0 radical (unpaired) electrons. The number of benzene rings is 1. The number of rotatable bonds is 5. The van der Waals surface area contributed by atoms with Crippen LogP contribution in [0.2, 0.25) is 5.02 Å². The van der Waals surface area contributed by atoms with Gasteiger partial charge >= 0.3 is 5.69 Å². The van der Waals surface area contributed by atoms with Crippen molar-refractivity contribution in [2.45, 2.75) is 13.1 Å². The van der Waals surface area contributed by atoms with Crippen LogP contribution in [0.25, 0.3) is 10.9 Å². The second-order valence-corrected chi connectivity index (χ2v) is 5.64. The summed E-state index contributed by atoms with van der Waals surface area (Å²) in [7, 11) is 3.67. The van der Waals surface area contributed by atoms with Crippen molar-refractivity contribution in [2.24, 2.45) is 5.73 Å². The second-order valence-electron chi connectivity index (χ2n) is 5.23. The summed E-state index contributed by atoms with van der Waals surface area (Å²) < 4.78 is 2.26. The Bertz CT molecular complexity index is 838. The van der Waals surface area contributed by atoms with Gasteiger partial charge in [-0.25, -0.2) is 4.79 Å². The standard InChI is InChI=1S/C14H17ClN4O3/c1-17(2)6-7-18-13(21)12-9(15)4-3-5-10(12)19(14(18)22)8-11(16)20/h3-5H,6-8H2,1-2H3,(H2,16,20). The van der Waals surface area contributed by atoms with Gasteiger partial charge in [-0.15, -0.1) is 0 Å². The van der Waals surface area contributed by atoms with Crippen molar-refractivity contribution in [1.82, 2.24) is 14.0 Å². The van der Waals surface area contributed by atoms with E-state index in [1.54, 1.807) is 18.2 Å². The van der Waals surface area contributed by atoms with Crippen molar-refractivity contribution in [3.8, 4) is 0 Å². The Kier molecular flexibility index (Phi) is 4.68. The summed E-state index contributed by atoms with van der Waals surface area (Å²) in [5, 5.41) is 0.447. The van der Waals surface area contributed by atoms with E-state index in [4.69, 9.17) is 17.3 Å². The maximum Gasteiger partial charge on any atom is 0.332 e. The molecule has 0 bridgehead atoms. The van der Waals surface area contributed by atoms with E-state index in [9.17, 15) is 14.4 Å². The molecule has 0 saturated heterocycles. The van der Waals surface area contributed by atoms with E-state index >= 15 is 0 Å². The maximum atomic E-state index is 12.6. The van der Waals surface area contributed by atoms with E-state index in [1.807, 2.05) is 19.0 Å². The molecule has 118 valence electrons. The van der Waals surface area contributed by atoms with E-state index in [2.05, 4.69) is 0 Å². The number of likely N-dealkylation sites (N-methyl/N-ethyl adjacent to an activating group) is 1. The van der Waals surface area contributed by atoms with Crippen molar-refractivity contribution in [3.05, 3.63) is 44.1 Å². The molecule has 7 nitrogen and oxygen atoms in total. The summed E-state index contributed by atoms with van der Waals surface area (Å²) in [6, 6.07) is 4.76. The Balaban J connectivity index is 2.80. The number of nitrogens with two attached hydrogens (primary N) is 1. The van der Waals surface area contributed by atoms with Gasteiger partial charge in [0, 0.05) is 13.1 Å². The Morgan fingerprint density at radius 2 is 1.95 bits per heavy atom. The lowest BCUT2D eigenvalue weighted by molar-refractivity contribution is -0.118. The van der Waals surface area contributed by atoms with Gasteiger partial charge in [0.15, 0.2) is 0 Å². The molecule has 0 unspecified atom stereocenters. The molecule has 0 aliphatic rings. The number of fused-ring (bicyclic) bond motifs is 1. The molecule has 1 aromatic carbocycles. The van der Waals surface area contributed by atoms with Crippen LogP contribution in [0.1, 0.15) is 0 Å². The first kappa shape index (κ1) is 16.3. The third-order valence-electron chi connectivity index (χ3n) is 3.29. The molecule has 0 aliphatic carbocycles. The zero-order valence-corrected chi connectivity index (χ0v) is 13.1. The highest BCUT2D eigenvalue weighted by molar-refractivity contribution is 6.35. The van der Waals surface area contributed by atoms with Crippen LogP contribution >= 0.6 is 11.6 Å². The lowest BCUT2D eigenvalue weighted by Crippen LogP contribution is -2.43. The SMILES string of the molecule is CN(C)CCn1c(=O)c2c(Cl)cccc2n(CC(N)=O)c1=O. The zero-order chi connectivity index (χ0) is 16.4. The molecule has 2 N–H and O–H groups in total.